The predicted molar refractivity (Wildman–Crippen MR) is 62.8 cm³/mol. The molecule has 0 bridgehead atoms. The van der Waals surface area contributed by atoms with Crippen LogP contribution in [-0.2, 0) is 13.5 Å². The van der Waals surface area contributed by atoms with Crippen LogP contribution in [0.25, 0.3) is 5.69 Å². The van der Waals surface area contributed by atoms with Crippen LogP contribution in [0, 0.1) is 0 Å². The molecule has 0 amide bonds. The number of aromatic nitrogens is 5. The Morgan fingerprint density at radius 1 is 1.35 bits per heavy atom. The van der Waals surface area contributed by atoms with Gasteiger partial charge in [-0.3, -0.25) is 4.68 Å². The van der Waals surface area contributed by atoms with Crippen LogP contribution >= 0.6 is 0 Å². The van der Waals surface area contributed by atoms with Crippen molar-refractivity contribution in [1.29, 1.82) is 0 Å². The van der Waals surface area contributed by atoms with Crippen LogP contribution in [0.15, 0.2) is 12.4 Å². The van der Waals surface area contributed by atoms with Gasteiger partial charge in [0.1, 0.15) is 11.4 Å². The highest BCUT2D eigenvalue weighted by Gasteiger charge is 2.13. The quantitative estimate of drug-likeness (QED) is 0.858. The van der Waals surface area contributed by atoms with Crippen LogP contribution in [0.2, 0.25) is 0 Å². The summed E-state index contributed by atoms with van der Waals surface area (Å²) in [7, 11) is 1.88. The minimum absolute atomic E-state index is 0.550. The van der Waals surface area contributed by atoms with Crippen LogP contribution in [0.5, 0.6) is 0 Å². The van der Waals surface area contributed by atoms with Crippen LogP contribution in [0.4, 0.5) is 0 Å². The lowest BCUT2D eigenvalue weighted by Crippen LogP contribution is -1.97. The van der Waals surface area contributed by atoms with Gasteiger partial charge in [-0.2, -0.15) is 5.10 Å². The van der Waals surface area contributed by atoms with Crippen LogP contribution in [-0.4, -0.2) is 29.9 Å². The maximum absolute atomic E-state index is 9.68. The third-order valence-corrected chi connectivity index (χ3v) is 2.70. The van der Waals surface area contributed by atoms with Gasteiger partial charge in [-0.1, -0.05) is 19.1 Å². The highest BCUT2D eigenvalue weighted by atomic mass is 16.3. The molecular formula is C11H17N5O. The standard InChI is InChI=1S/C11H17N5O/c1-4-8-10(7-15(3)13-8)16-6-9(12-14-16)11(17)5-2/h6-7,11,17H,4-5H2,1-3H3. The first-order valence-electron chi connectivity index (χ1n) is 5.78. The van der Waals surface area contributed by atoms with E-state index in [0.29, 0.717) is 12.1 Å². The summed E-state index contributed by atoms with van der Waals surface area (Å²) in [6.45, 7) is 3.95. The van der Waals surface area contributed by atoms with E-state index in [2.05, 4.69) is 15.4 Å². The van der Waals surface area contributed by atoms with Crippen molar-refractivity contribution in [3.05, 3.63) is 23.8 Å². The van der Waals surface area contributed by atoms with Crippen molar-refractivity contribution in [2.24, 2.45) is 7.05 Å². The number of hydrogen-bond donors (Lipinski definition) is 1. The Hall–Kier alpha value is -1.69. The third kappa shape index (κ3) is 2.21. The molecule has 0 aliphatic heterocycles. The van der Waals surface area contributed by atoms with E-state index in [4.69, 9.17) is 0 Å². The molecule has 1 atom stereocenters. The lowest BCUT2D eigenvalue weighted by atomic mass is 10.2. The van der Waals surface area contributed by atoms with E-state index >= 15 is 0 Å². The minimum atomic E-state index is -0.550. The van der Waals surface area contributed by atoms with Gasteiger partial charge in [0.15, 0.2) is 0 Å². The second kappa shape index (κ2) is 4.67. The largest absolute Gasteiger partial charge is 0.387 e. The Bertz CT molecular complexity index is 502. The molecule has 0 aliphatic rings. The average molecular weight is 235 g/mol. The molecule has 1 N–H and O–H groups in total. The number of aliphatic hydroxyl groups excluding tert-OH is 1. The van der Waals surface area contributed by atoms with Gasteiger partial charge in [-0.05, 0) is 12.8 Å². The van der Waals surface area contributed by atoms with Crippen LogP contribution in [0.3, 0.4) is 0 Å². The van der Waals surface area contributed by atoms with Gasteiger partial charge < -0.3 is 5.11 Å². The average Bonchev–Trinajstić information content (AvgIpc) is 2.93. The Morgan fingerprint density at radius 3 is 2.76 bits per heavy atom. The molecular weight excluding hydrogens is 218 g/mol. The van der Waals surface area contributed by atoms with Gasteiger partial charge >= 0.3 is 0 Å². The van der Waals surface area contributed by atoms with Crippen molar-refractivity contribution in [3.63, 3.8) is 0 Å². The second-order valence-corrected chi connectivity index (χ2v) is 4.00. The van der Waals surface area contributed by atoms with Crippen LogP contribution < -0.4 is 0 Å². The van der Waals surface area contributed by atoms with E-state index in [1.54, 1.807) is 15.6 Å². The molecule has 0 saturated heterocycles. The molecule has 0 saturated carbocycles. The van der Waals surface area contributed by atoms with E-state index in [1.807, 2.05) is 27.1 Å². The molecule has 1 unspecified atom stereocenters. The van der Waals surface area contributed by atoms with E-state index in [9.17, 15) is 5.11 Å². The molecule has 2 heterocycles. The number of nitrogens with zero attached hydrogens (tertiary/aromatic N) is 5. The zero-order chi connectivity index (χ0) is 12.4. The van der Waals surface area contributed by atoms with Gasteiger partial charge in [0.05, 0.1) is 24.2 Å². The van der Waals surface area contributed by atoms with Crippen LogP contribution in [0.1, 0.15) is 37.8 Å². The van der Waals surface area contributed by atoms with Crippen molar-refractivity contribution in [1.82, 2.24) is 24.8 Å². The summed E-state index contributed by atoms with van der Waals surface area (Å²) in [5.41, 5.74) is 2.48. The highest BCUT2D eigenvalue weighted by molar-refractivity contribution is 5.33. The molecule has 0 spiro atoms. The van der Waals surface area contributed by atoms with Crippen molar-refractivity contribution in [2.75, 3.05) is 0 Å². The fourth-order valence-corrected chi connectivity index (χ4v) is 1.72. The Labute approximate surface area is 99.9 Å². The maximum Gasteiger partial charge on any atom is 0.112 e. The summed E-state index contributed by atoms with van der Waals surface area (Å²) in [5.74, 6) is 0. The number of aryl methyl sites for hydroxylation is 2. The molecule has 2 rings (SSSR count). The fraction of sp³-hybridized carbons (Fsp3) is 0.545. The molecule has 0 fully saturated rings. The molecule has 6 heteroatoms. The third-order valence-electron chi connectivity index (χ3n) is 2.70. The Kier molecular flexibility index (Phi) is 3.23. The maximum atomic E-state index is 9.68. The lowest BCUT2D eigenvalue weighted by Gasteiger charge is -2.00. The van der Waals surface area contributed by atoms with Crippen molar-refractivity contribution in [2.45, 2.75) is 32.8 Å². The minimum Gasteiger partial charge on any atom is -0.387 e. The second-order valence-electron chi connectivity index (χ2n) is 4.00. The summed E-state index contributed by atoms with van der Waals surface area (Å²) < 4.78 is 3.42. The van der Waals surface area contributed by atoms with E-state index in [1.165, 1.54) is 0 Å². The molecule has 0 aromatic carbocycles. The lowest BCUT2D eigenvalue weighted by molar-refractivity contribution is 0.169. The first-order chi connectivity index (χ1) is 8.15. The monoisotopic (exact) mass is 235 g/mol. The highest BCUT2D eigenvalue weighted by Crippen LogP contribution is 2.16. The van der Waals surface area contributed by atoms with Gasteiger partial charge in [-0.25, -0.2) is 4.68 Å². The van der Waals surface area contributed by atoms with Gasteiger partial charge in [0.25, 0.3) is 0 Å². The first-order valence-corrected chi connectivity index (χ1v) is 5.78. The molecule has 0 aliphatic carbocycles. The molecule has 2 aromatic rings. The Balaban J connectivity index is 2.36. The molecule has 6 nitrogen and oxygen atoms in total. The van der Waals surface area contributed by atoms with E-state index in [-0.39, 0.29) is 0 Å². The zero-order valence-corrected chi connectivity index (χ0v) is 10.3. The summed E-state index contributed by atoms with van der Waals surface area (Å²) >= 11 is 0. The number of aliphatic hydroxyl groups is 1. The molecule has 0 radical (unpaired) electrons. The summed E-state index contributed by atoms with van der Waals surface area (Å²) in [6.07, 6.45) is 4.57. The van der Waals surface area contributed by atoms with Gasteiger partial charge in [-0.15, -0.1) is 5.10 Å². The van der Waals surface area contributed by atoms with Crippen molar-refractivity contribution >= 4 is 0 Å². The molecule has 92 valence electrons. The number of rotatable bonds is 4. The SMILES string of the molecule is CCc1nn(C)cc1-n1cc(C(O)CC)nn1. The van der Waals surface area contributed by atoms with Gasteiger partial charge in [0, 0.05) is 7.05 Å². The molecule has 2 aromatic heterocycles. The zero-order valence-electron chi connectivity index (χ0n) is 10.3. The first kappa shape index (κ1) is 11.8. The Morgan fingerprint density at radius 2 is 2.12 bits per heavy atom. The topological polar surface area (TPSA) is 68.8 Å². The van der Waals surface area contributed by atoms with Crippen molar-refractivity contribution < 1.29 is 5.11 Å². The molecule has 17 heavy (non-hydrogen) atoms. The fourth-order valence-electron chi connectivity index (χ4n) is 1.72. The smallest absolute Gasteiger partial charge is 0.112 e. The summed E-state index contributed by atoms with van der Waals surface area (Å²) in [5, 5.41) is 22.0. The predicted octanol–water partition coefficient (Wildman–Crippen LogP) is 1.01. The summed E-state index contributed by atoms with van der Waals surface area (Å²) in [6, 6.07) is 0. The van der Waals surface area contributed by atoms with Crippen molar-refractivity contribution in [3.8, 4) is 5.69 Å². The normalized spacial score (nSPS) is 12.9. The summed E-state index contributed by atoms with van der Waals surface area (Å²) in [4.78, 5) is 0. The van der Waals surface area contributed by atoms with Gasteiger partial charge in [0.2, 0.25) is 0 Å². The van der Waals surface area contributed by atoms with E-state index in [0.717, 1.165) is 17.8 Å². The number of hydrogen-bond acceptors (Lipinski definition) is 4. The van der Waals surface area contributed by atoms with E-state index < -0.39 is 6.10 Å².